The summed E-state index contributed by atoms with van der Waals surface area (Å²) in [6, 6.07) is 4.06. The van der Waals surface area contributed by atoms with Crippen molar-refractivity contribution in [3.05, 3.63) is 26.8 Å². The molecule has 0 bridgehead atoms. The number of thioether (sulfide) groups is 1. The van der Waals surface area contributed by atoms with Gasteiger partial charge in [0.1, 0.15) is 4.32 Å². The average Bonchev–Trinajstić information content (AvgIpc) is 2.68. The molecule has 0 aliphatic carbocycles. The third-order valence-corrected chi connectivity index (χ3v) is 4.45. The zero-order valence-corrected chi connectivity index (χ0v) is 10.8. The molecule has 0 atom stereocenters. The van der Waals surface area contributed by atoms with Crippen LogP contribution in [0.25, 0.3) is 6.08 Å². The van der Waals surface area contributed by atoms with Crippen LogP contribution in [0.15, 0.2) is 17.0 Å². The molecule has 1 aliphatic rings. The Labute approximate surface area is 102 Å². The van der Waals surface area contributed by atoms with Crippen LogP contribution in [0, 0.1) is 6.92 Å². The first kappa shape index (κ1) is 10.9. The van der Waals surface area contributed by atoms with Gasteiger partial charge in [0.25, 0.3) is 5.91 Å². The van der Waals surface area contributed by atoms with Crippen molar-refractivity contribution in [3.63, 3.8) is 0 Å². The zero-order chi connectivity index (χ0) is 11.0. The molecule has 2 rings (SSSR count). The van der Waals surface area contributed by atoms with E-state index in [1.165, 1.54) is 21.5 Å². The molecule has 1 aromatic rings. The number of thiocarbonyl (C=S) groups is 1. The molecule has 2 heterocycles. The summed E-state index contributed by atoms with van der Waals surface area (Å²) in [4.78, 5) is 16.2. The first-order chi connectivity index (χ1) is 7.08. The molecule has 0 aromatic carbocycles. The summed E-state index contributed by atoms with van der Waals surface area (Å²) in [7, 11) is 1.71. The van der Waals surface area contributed by atoms with Crippen LogP contribution in [0.4, 0.5) is 0 Å². The summed E-state index contributed by atoms with van der Waals surface area (Å²) in [5.74, 6) is -0.00365. The molecule has 0 radical (unpaired) electrons. The molecule has 5 heteroatoms. The lowest BCUT2D eigenvalue weighted by molar-refractivity contribution is -0.121. The van der Waals surface area contributed by atoms with E-state index in [2.05, 4.69) is 0 Å². The quantitative estimate of drug-likeness (QED) is 0.568. The number of aryl methyl sites for hydroxylation is 1. The van der Waals surface area contributed by atoms with Crippen LogP contribution < -0.4 is 0 Å². The highest BCUT2D eigenvalue weighted by Gasteiger charge is 2.28. The van der Waals surface area contributed by atoms with E-state index in [9.17, 15) is 4.79 Å². The van der Waals surface area contributed by atoms with Crippen molar-refractivity contribution in [2.45, 2.75) is 6.92 Å². The molecule has 1 aliphatic heterocycles. The van der Waals surface area contributed by atoms with Crippen LogP contribution in [0.1, 0.15) is 9.75 Å². The average molecular weight is 255 g/mol. The van der Waals surface area contributed by atoms with Gasteiger partial charge in [-0.25, -0.2) is 0 Å². The molecule has 0 unspecified atom stereocenters. The third-order valence-electron chi connectivity index (χ3n) is 2.02. The Morgan fingerprint density at radius 1 is 1.47 bits per heavy atom. The Balaban J connectivity index is 2.29. The standard InChI is InChI=1S/C10H9NOS3/c1-6-3-4-7(14-6)5-8-9(12)11(2)10(13)15-8/h3-5H,1-2H3. The summed E-state index contributed by atoms with van der Waals surface area (Å²) in [5, 5.41) is 0. The van der Waals surface area contributed by atoms with Gasteiger partial charge in [-0.05, 0) is 25.1 Å². The van der Waals surface area contributed by atoms with Crippen molar-refractivity contribution in [2.75, 3.05) is 7.05 Å². The summed E-state index contributed by atoms with van der Waals surface area (Å²) >= 11 is 8.08. The van der Waals surface area contributed by atoms with Gasteiger partial charge < -0.3 is 0 Å². The van der Waals surface area contributed by atoms with E-state index in [-0.39, 0.29) is 5.91 Å². The Morgan fingerprint density at radius 2 is 2.20 bits per heavy atom. The molecule has 1 amide bonds. The molecule has 0 N–H and O–H groups in total. The predicted octanol–water partition coefficient (Wildman–Crippen LogP) is 2.89. The SMILES string of the molecule is Cc1ccc(C=C2SC(=S)N(C)C2=O)s1. The third kappa shape index (κ3) is 2.14. The molecule has 1 aromatic heterocycles. The maximum Gasteiger partial charge on any atom is 0.265 e. The number of likely N-dealkylation sites (N-methyl/N-ethyl adjacent to an activating group) is 1. The minimum absolute atomic E-state index is 0.00365. The van der Waals surface area contributed by atoms with E-state index in [0.29, 0.717) is 9.23 Å². The number of rotatable bonds is 1. The Morgan fingerprint density at radius 3 is 2.67 bits per heavy atom. The number of nitrogens with zero attached hydrogens (tertiary/aromatic N) is 1. The molecular weight excluding hydrogens is 246 g/mol. The lowest BCUT2D eigenvalue weighted by Gasteiger charge is -2.03. The number of carbonyl (C=O) groups excluding carboxylic acids is 1. The van der Waals surface area contributed by atoms with E-state index >= 15 is 0 Å². The molecular formula is C10H9NOS3. The number of thiophene rings is 1. The van der Waals surface area contributed by atoms with Gasteiger partial charge in [0.2, 0.25) is 0 Å². The maximum absolute atomic E-state index is 11.7. The van der Waals surface area contributed by atoms with Crippen LogP contribution in [0.3, 0.4) is 0 Å². The van der Waals surface area contributed by atoms with Crippen molar-refractivity contribution >= 4 is 51.6 Å². The fraction of sp³-hybridized carbons (Fsp3) is 0.200. The number of carbonyl (C=O) groups is 1. The van der Waals surface area contributed by atoms with E-state index in [1.54, 1.807) is 18.4 Å². The molecule has 2 nitrogen and oxygen atoms in total. The summed E-state index contributed by atoms with van der Waals surface area (Å²) in [6.07, 6.45) is 1.90. The second-order valence-corrected chi connectivity index (χ2v) is 6.18. The van der Waals surface area contributed by atoms with Crippen LogP contribution >= 0.6 is 35.3 Å². The first-order valence-electron chi connectivity index (χ1n) is 4.36. The Hall–Kier alpha value is -0.650. The van der Waals surface area contributed by atoms with Crippen molar-refractivity contribution < 1.29 is 4.79 Å². The number of amides is 1. The molecule has 0 saturated carbocycles. The Bertz CT molecular complexity index is 461. The van der Waals surface area contributed by atoms with Crippen LogP contribution in [-0.2, 0) is 4.79 Å². The highest BCUT2D eigenvalue weighted by molar-refractivity contribution is 8.26. The van der Waals surface area contributed by atoms with Gasteiger partial charge >= 0.3 is 0 Å². The molecule has 78 valence electrons. The molecule has 1 fully saturated rings. The second kappa shape index (κ2) is 4.08. The van der Waals surface area contributed by atoms with Gasteiger partial charge in [-0.3, -0.25) is 9.69 Å². The lowest BCUT2D eigenvalue weighted by atomic mass is 10.4. The zero-order valence-electron chi connectivity index (χ0n) is 8.31. The Kier molecular flexibility index (Phi) is 2.95. The largest absolute Gasteiger partial charge is 0.296 e. The monoisotopic (exact) mass is 255 g/mol. The second-order valence-electron chi connectivity index (χ2n) is 3.19. The first-order valence-corrected chi connectivity index (χ1v) is 6.40. The highest BCUT2D eigenvalue weighted by Crippen LogP contribution is 2.32. The normalized spacial score (nSPS) is 19.3. The van der Waals surface area contributed by atoms with Crippen LogP contribution in [-0.4, -0.2) is 22.2 Å². The van der Waals surface area contributed by atoms with Gasteiger partial charge in [0, 0.05) is 16.8 Å². The molecule has 15 heavy (non-hydrogen) atoms. The van der Waals surface area contributed by atoms with Gasteiger partial charge in [-0.1, -0.05) is 24.0 Å². The maximum atomic E-state index is 11.7. The van der Waals surface area contributed by atoms with Crippen molar-refractivity contribution in [1.29, 1.82) is 0 Å². The minimum Gasteiger partial charge on any atom is -0.296 e. The molecule has 1 saturated heterocycles. The fourth-order valence-electron chi connectivity index (χ4n) is 1.21. The van der Waals surface area contributed by atoms with E-state index in [4.69, 9.17) is 12.2 Å². The van der Waals surface area contributed by atoms with Crippen molar-refractivity contribution in [1.82, 2.24) is 4.90 Å². The topological polar surface area (TPSA) is 20.3 Å². The summed E-state index contributed by atoms with van der Waals surface area (Å²) in [6.45, 7) is 2.05. The van der Waals surface area contributed by atoms with Gasteiger partial charge in [-0.2, -0.15) is 0 Å². The molecule has 0 spiro atoms. The predicted molar refractivity (Wildman–Crippen MR) is 70.0 cm³/mol. The summed E-state index contributed by atoms with van der Waals surface area (Å²) < 4.78 is 0.625. The van der Waals surface area contributed by atoms with Crippen LogP contribution in [0.2, 0.25) is 0 Å². The van der Waals surface area contributed by atoms with Crippen molar-refractivity contribution in [3.8, 4) is 0 Å². The number of hydrogen-bond acceptors (Lipinski definition) is 4. The van der Waals surface area contributed by atoms with Crippen molar-refractivity contribution in [2.24, 2.45) is 0 Å². The van der Waals surface area contributed by atoms with E-state index in [0.717, 1.165) is 4.88 Å². The van der Waals surface area contributed by atoms with E-state index < -0.39 is 0 Å². The fourth-order valence-corrected chi connectivity index (χ4v) is 3.27. The van der Waals surface area contributed by atoms with Gasteiger partial charge in [0.15, 0.2) is 0 Å². The van der Waals surface area contributed by atoms with Gasteiger partial charge in [-0.15, -0.1) is 11.3 Å². The van der Waals surface area contributed by atoms with Crippen LogP contribution in [0.5, 0.6) is 0 Å². The smallest absolute Gasteiger partial charge is 0.265 e. The van der Waals surface area contributed by atoms with Gasteiger partial charge in [0.05, 0.1) is 4.91 Å². The summed E-state index contributed by atoms with van der Waals surface area (Å²) in [5.41, 5.74) is 0. The lowest BCUT2D eigenvalue weighted by Crippen LogP contribution is -2.22. The van der Waals surface area contributed by atoms with E-state index in [1.807, 2.05) is 25.1 Å². The minimum atomic E-state index is -0.00365. The number of hydrogen-bond donors (Lipinski definition) is 0. The highest BCUT2D eigenvalue weighted by atomic mass is 32.2.